The zero-order valence-electron chi connectivity index (χ0n) is 12.2. The Balaban J connectivity index is 0.00000242. The van der Waals surface area contributed by atoms with Gasteiger partial charge in [-0.1, -0.05) is 0 Å². The van der Waals surface area contributed by atoms with E-state index in [0.29, 0.717) is 18.3 Å². The van der Waals surface area contributed by atoms with E-state index in [9.17, 15) is 13.9 Å². The smallest absolute Gasteiger partial charge is 0.191 e. The predicted octanol–water partition coefficient (Wildman–Crippen LogP) is 2.12. The molecule has 124 valence electrons. The lowest BCUT2D eigenvalue weighted by molar-refractivity contribution is 0.0724. The van der Waals surface area contributed by atoms with Gasteiger partial charge in [-0.05, 0) is 30.4 Å². The van der Waals surface area contributed by atoms with Crippen molar-refractivity contribution in [3.05, 3.63) is 35.4 Å². The first-order chi connectivity index (χ1) is 10.0. The van der Waals surface area contributed by atoms with Crippen LogP contribution in [0.4, 0.5) is 8.78 Å². The highest BCUT2D eigenvalue weighted by Crippen LogP contribution is 2.26. The number of rotatable bonds is 4. The van der Waals surface area contributed by atoms with Crippen molar-refractivity contribution in [1.29, 1.82) is 0 Å². The maximum absolute atomic E-state index is 13.5. The normalized spacial score (nSPS) is 21.4. The van der Waals surface area contributed by atoms with E-state index in [1.54, 1.807) is 18.8 Å². The number of hydrogen-bond acceptors (Lipinski definition) is 3. The summed E-state index contributed by atoms with van der Waals surface area (Å²) in [4.78, 5) is 4.01. The lowest BCUT2D eigenvalue weighted by Gasteiger charge is -2.23. The Morgan fingerprint density at radius 1 is 1.41 bits per heavy atom. The third-order valence-corrected chi connectivity index (χ3v) is 4.58. The molecule has 4 nitrogen and oxygen atoms in total. The summed E-state index contributed by atoms with van der Waals surface area (Å²) >= 11 is 1.71. The summed E-state index contributed by atoms with van der Waals surface area (Å²) < 4.78 is 26.6. The van der Waals surface area contributed by atoms with Crippen LogP contribution >= 0.6 is 35.7 Å². The van der Waals surface area contributed by atoms with Crippen LogP contribution in [0.1, 0.15) is 12.0 Å². The number of nitrogens with one attached hydrogen (secondary N) is 2. The van der Waals surface area contributed by atoms with Crippen molar-refractivity contribution in [1.82, 2.24) is 10.6 Å². The summed E-state index contributed by atoms with van der Waals surface area (Å²) in [6.07, 6.45) is 0.736. The number of thioether (sulfide) groups is 1. The molecule has 1 atom stereocenters. The third-order valence-electron chi connectivity index (χ3n) is 3.35. The van der Waals surface area contributed by atoms with Gasteiger partial charge in [-0.2, -0.15) is 11.8 Å². The molecule has 1 aliphatic heterocycles. The van der Waals surface area contributed by atoms with Crippen LogP contribution in [0.2, 0.25) is 0 Å². The molecule has 0 amide bonds. The highest BCUT2D eigenvalue weighted by Gasteiger charge is 2.31. The van der Waals surface area contributed by atoms with Gasteiger partial charge < -0.3 is 15.7 Å². The summed E-state index contributed by atoms with van der Waals surface area (Å²) in [5, 5.41) is 16.2. The van der Waals surface area contributed by atoms with Gasteiger partial charge in [0.1, 0.15) is 11.6 Å². The molecule has 0 spiro atoms. The second-order valence-electron chi connectivity index (χ2n) is 5.04. The summed E-state index contributed by atoms with van der Waals surface area (Å²) in [5.74, 6) is 1.14. The first-order valence-corrected chi connectivity index (χ1v) is 7.86. The van der Waals surface area contributed by atoms with E-state index in [4.69, 9.17) is 0 Å². The Hall–Kier alpha value is -0.610. The van der Waals surface area contributed by atoms with Crippen molar-refractivity contribution in [3.63, 3.8) is 0 Å². The summed E-state index contributed by atoms with van der Waals surface area (Å²) in [6.45, 7) is 0.502. The van der Waals surface area contributed by atoms with Crippen molar-refractivity contribution < 1.29 is 13.9 Å². The minimum absolute atomic E-state index is 0. The van der Waals surface area contributed by atoms with Gasteiger partial charge in [0.05, 0.1) is 5.60 Å². The number of halogens is 3. The summed E-state index contributed by atoms with van der Waals surface area (Å²) in [6, 6.07) is 3.33. The average Bonchev–Trinajstić information content (AvgIpc) is 2.90. The van der Waals surface area contributed by atoms with Crippen molar-refractivity contribution in [2.45, 2.75) is 18.6 Å². The molecule has 1 unspecified atom stereocenters. The van der Waals surface area contributed by atoms with Crippen molar-refractivity contribution in [2.24, 2.45) is 4.99 Å². The molecular formula is C14H20F2IN3OS. The molecule has 0 saturated carbocycles. The van der Waals surface area contributed by atoms with Gasteiger partial charge in [0.25, 0.3) is 0 Å². The fourth-order valence-electron chi connectivity index (χ4n) is 2.06. The van der Waals surface area contributed by atoms with Gasteiger partial charge in [-0.3, -0.25) is 4.99 Å². The SMILES string of the molecule is CN=C(NCc1cc(F)ccc1F)NCC1(O)CCSC1.I. The third kappa shape index (κ3) is 5.54. The Morgan fingerprint density at radius 2 is 2.18 bits per heavy atom. The number of aliphatic hydroxyl groups is 1. The number of nitrogens with zero attached hydrogens (tertiary/aromatic N) is 1. The molecule has 1 saturated heterocycles. The molecule has 1 fully saturated rings. The molecule has 2 rings (SSSR count). The minimum atomic E-state index is -0.730. The second kappa shape index (κ2) is 8.88. The van der Waals surface area contributed by atoms with Gasteiger partial charge in [0, 0.05) is 31.5 Å². The van der Waals surface area contributed by atoms with E-state index in [0.717, 1.165) is 30.4 Å². The highest BCUT2D eigenvalue weighted by molar-refractivity contribution is 14.0. The van der Waals surface area contributed by atoms with E-state index >= 15 is 0 Å². The quantitative estimate of drug-likeness (QED) is 0.379. The van der Waals surface area contributed by atoms with Crippen LogP contribution in [-0.2, 0) is 6.54 Å². The molecule has 0 bridgehead atoms. The molecule has 1 heterocycles. The average molecular weight is 443 g/mol. The van der Waals surface area contributed by atoms with Crippen LogP contribution in [0.3, 0.4) is 0 Å². The van der Waals surface area contributed by atoms with Crippen LogP contribution in [0, 0.1) is 11.6 Å². The van der Waals surface area contributed by atoms with Crippen LogP contribution in [0.25, 0.3) is 0 Å². The van der Waals surface area contributed by atoms with Gasteiger partial charge in [0.15, 0.2) is 5.96 Å². The summed E-state index contributed by atoms with van der Waals surface area (Å²) in [7, 11) is 1.59. The minimum Gasteiger partial charge on any atom is -0.387 e. The number of aliphatic imine (C=N–C) groups is 1. The molecule has 0 radical (unpaired) electrons. The molecule has 0 aliphatic carbocycles. The molecule has 3 N–H and O–H groups in total. The lowest BCUT2D eigenvalue weighted by Crippen LogP contribution is -2.47. The zero-order chi connectivity index (χ0) is 15.3. The topological polar surface area (TPSA) is 56.7 Å². The first-order valence-electron chi connectivity index (χ1n) is 6.71. The summed E-state index contributed by atoms with van der Waals surface area (Å²) in [5.41, 5.74) is -0.500. The van der Waals surface area contributed by atoms with E-state index in [1.807, 2.05) is 0 Å². The maximum Gasteiger partial charge on any atom is 0.191 e. The van der Waals surface area contributed by atoms with E-state index < -0.39 is 17.2 Å². The Morgan fingerprint density at radius 3 is 2.82 bits per heavy atom. The molecule has 22 heavy (non-hydrogen) atoms. The lowest BCUT2D eigenvalue weighted by atomic mass is 10.0. The molecule has 1 aliphatic rings. The number of benzene rings is 1. The first kappa shape index (κ1) is 19.4. The fraction of sp³-hybridized carbons (Fsp3) is 0.500. The number of guanidine groups is 1. The monoisotopic (exact) mass is 443 g/mol. The van der Waals surface area contributed by atoms with Crippen molar-refractivity contribution in [3.8, 4) is 0 Å². The zero-order valence-corrected chi connectivity index (χ0v) is 15.4. The van der Waals surface area contributed by atoms with Gasteiger partial charge in [-0.15, -0.1) is 24.0 Å². The molecule has 1 aromatic carbocycles. The van der Waals surface area contributed by atoms with E-state index in [2.05, 4.69) is 15.6 Å². The van der Waals surface area contributed by atoms with Gasteiger partial charge in [-0.25, -0.2) is 8.78 Å². The van der Waals surface area contributed by atoms with Crippen LogP contribution in [0.15, 0.2) is 23.2 Å². The van der Waals surface area contributed by atoms with Crippen LogP contribution < -0.4 is 10.6 Å². The fourth-order valence-corrected chi connectivity index (χ4v) is 3.36. The van der Waals surface area contributed by atoms with Gasteiger partial charge >= 0.3 is 0 Å². The highest BCUT2D eigenvalue weighted by atomic mass is 127. The standard InChI is InChI=1S/C14H19F2N3OS.HI/c1-17-13(19-8-14(20)4-5-21-9-14)18-7-10-6-11(15)2-3-12(10)16;/h2-3,6,20H,4-5,7-9H2,1H3,(H2,17,18,19);1H. The van der Waals surface area contributed by atoms with E-state index in [-0.39, 0.29) is 36.1 Å². The van der Waals surface area contributed by atoms with Crippen molar-refractivity contribution in [2.75, 3.05) is 25.1 Å². The number of hydrogen-bond donors (Lipinski definition) is 3. The Bertz CT molecular complexity index is 525. The van der Waals surface area contributed by atoms with Crippen LogP contribution in [0.5, 0.6) is 0 Å². The van der Waals surface area contributed by atoms with Crippen molar-refractivity contribution >= 4 is 41.7 Å². The molecule has 0 aromatic heterocycles. The molecular weight excluding hydrogens is 423 g/mol. The molecule has 8 heteroatoms. The second-order valence-corrected chi connectivity index (χ2v) is 6.15. The molecule has 1 aromatic rings. The van der Waals surface area contributed by atoms with Crippen LogP contribution in [-0.4, -0.2) is 41.8 Å². The predicted molar refractivity (Wildman–Crippen MR) is 96.9 cm³/mol. The largest absolute Gasteiger partial charge is 0.387 e. The maximum atomic E-state index is 13.5. The Kier molecular flexibility index (Phi) is 7.84. The van der Waals surface area contributed by atoms with E-state index in [1.165, 1.54) is 0 Å². The Labute approximate surface area is 150 Å². The van der Waals surface area contributed by atoms with Gasteiger partial charge in [0.2, 0.25) is 0 Å².